The number of carbonyl (C=O) groups excluding carboxylic acids is 1. The fourth-order valence-electron chi connectivity index (χ4n) is 2.03. The van der Waals surface area contributed by atoms with Crippen molar-refractivity contribution < 1.29 is 23.4 Å². The number of fused-ring (bicyclic) bond motifs is 1. The number of primary amides is 1. The molecular weight excluding hydrogens is 326 g/mol. The van der Waals surface area contributed by atoms with Crippen molar-refractivity contribution in [2.24, 2.45) is 5.73 Å². The summed E-state index contributed by atoms with van der Waals surface area (Å²) in [6.07, 6.45) is 0. The van der Waals surface area contributed by atoms with Crippen LogP contribution in [0.3, 0.4) is 0 Å². The summed E-state index contributed by atoms with van der Waals surface area (Å²) >= 11 is 1.27. The van der Waals surface area contributed by atoms with Crippen molar-refractivity contribution in [3.63, 3.8) is 0 Å². The molecule has 0 bridgehead atoms. The van der Waals surface area contributed by atoms with Gasteiger partial charge in [0.1, 0.15) is 28.7 Å². The fraction of sp³-hybridized carbons (Fsp3) is 0.0667. The molecule has 0 saturated carbocycles. The third-order valence-electron chi connectivity index (χ3n) is 3.07. The minimum Gasteiger partial charge on any atom is -0.508 e. The Morgan fingerprint density at radius 3 is 2.83 bits per heavy atom. The first-order valence-electron chi connectivity index (χ1n) is 6.44. The van der Waals surface area contributed by atoms with E-state index in [9.17, 15) is 18.7 Å². The number of aromatic hydroxyl groups is 1. The Morgan fingerprint density at radius 2 is 2.09 bits per heavy atom. The molecule has 0 radical (unpaired) electrons. The molecule has 3 rings (SSSR count). The molecule has 0 aliphatic carbocycles. The van der Waals surface area contributed by atoms with Crippen LogP contribution in [0.2, 0.25) is 0 Å². The van der Waals surface area contributed by atoms with E-state index in [2.05, 4.69) is 4.98 Å². The van der Waals surface area contributed by atoms with Crippen LogP contribution in [0, 0.1) is 11.6 Å². The Hall–Kier alpha value is -2.74. The fourth-order valence-corrected chi connectivity index (χ4v) is 2.95. The van der Waals surface area contributed by atoms with E-state index in [0.717, 1.165) is 16.8 Å². The Morgan fingerprint density at radius 1 is 1.30 bits per heavy atom. The molecule has 1 heterocycles. The maximum absolute atomic E-state index is 14.0. The molecule has 0 fully saturated rings. The van der Waals surface area contributed by atoms with Gasteiger partial charge in [-0.3, -0.25) is 4.79 Å². The second-order valence-electron chi connectivity index (χ2n) is 4.65. The lowest BCUT2D eigenvalue weighted by molar-refractivity contribution is 0.0991. The molecule has 2 aromatic carbocycles. The zero-order chi connectivity index (χ0) is 16.6. The van der Waals surface area contributed by atoms with Crippen molar-refractivity contribution in [3.8, 4) is 11.5 Å². The number of benzene rings is 2. The number of carbonyl (C=O) groups is 1. The van der Waals surface area contributed by atoms with Crippen LogP contribution in [0.25, 0.3) is 10.2 Å². The number of nitrogens with zero attached hydrogens (tertiary/aromatic N) is 1. The summed E-state index contributed by atoms with van der Waals surface area (Å²) in [5.41, 5.74) is 4.78. The van der Waals surface area contributed by atoms with E-state index in [0.29, 0.717) is 10.5 Å². The Bertz CT molecular complexity index is 911. The van der Waals surface area contributed by atoms with Crippen molar-refractivity contribution in [3.05, 3.63) is 52.5 Å². The first kappa shape index (κ1) is 15.2. The molecule has 23 heavy (non-hydrogen) atoms. The number of phenols is 1. The first-order valence-corrected chi connectivity index (χ1v) is 7.26. The lowest BCUT2D eigenvalue weighted by Gasteiger charge is -2.08. The van der Waals surface area contributed by atoms with Crippen LogP contribution < -0.4 is 10.5 Å². The standard InChI is InChI=1S/C15H10F2N2O3S/c16-8-2-4-10(14(17)13(8)15(18)21)22-6-12-19-9-3-1-7(20)5-11(9)23-12/h1-5,20H,6H2,(H2,18,21). The van der Waals surface area contributed by atoms with Gasteiger partial charge in [-0.05, 0) is 30.3 Å². The zero-order valence-corrected chi connectivity index (χ0v) is 12.4. The number of thiazole rings is 1. The molecule has 8 heteroatoms. The van der Waals surface area contributed by atoms with E-state index in [1.165, 1.54) is 17.4 Å². The number of halogens is 2. The van der Waals surface area contributed by atoms with E-state index >= 15 is 0 Å². The van der Waals surface area contributed by atoms with Crippen LogP contribution >= 0.6 is 11.3 Å². The Labute approximate surface area is 133 Å². The van der Waals surface area contributed by atoms with E-state index in [-0.39, 0.29) is 18.1 Å². The number of phenolic OH excluding ortho intramolecular Hbond substituents is 1. The van der Waals surface area contributed by atoms with E-state index in [1.807, 2.05) is 0 Å². The molecule has 0 saturated heterocycles. The van der Waals surface area contributed by atoms with Gasteiger partial charge in [0.2, 0.25) is 0 Å². The molecule has 1 aromatic heterocycles. The largest absolute Gasteiger partial charge is 0.508 e. The SMILES string of the molecule is NC(=O)c1c(F)ccc(OCc2nc3ccc(O)cc3s2)c1F. The van der Waals surface area contributed by atoms with Crippen molar-refractivity contribution in [2.45, 2.75) is 6.61 Å². The molecule has 118 valence electrons. The molecular formula is C15H10F2N2O3S. The average Bonchev–Trinajstić information content (AvgIpc) is 2.88. The number of hydrogen-bond donors (Lipinski definition) is 2. The molecule has 5 nitrogen and oxygen atoms in total. The summed E-state index contributed by atoms with van der Waals surface area (Å²) in [4.78, 5) is 15.3. The van der Waals surface area contributed by atoms with E-state index < -0.39 is 23.1 Å². The predicted octanol–water partition coefficient (Wildman–Crippen LogP) is 2.96. The highest BCUT2D eigenvalue weighted by Crippen LogP contribution is 2.28. The quantitative estimate of drug-likeness (QED) is 0.767. The summed E-state index contributed by atoms with van der Waals surface area (Å²) in [7, 11) is 0. The van der Waals surface area contributed by atoms with Gasteiger partial charge in [0.15, 0.2) is 11.6 Å². The third-order valence-corrected chi connectivity index (χ3v) is 4.06. The molecule has 0 aliphatic heterocycles. The maximum atomic E-state index is 14.0. The van der Waals surface area contributed by atoms with E-state index in [1.54, 1.807) is 12.1 Å². The van der Waals surface area contributed by atoms with Crippen LogP contribution in [-0.2, 0) is 6.61 Å². The van der Waals surface area contributed by atoms with Crippen LogP contribution in [0.5, 0.6) is 11.5 Å². The van der Waals surface area contributed by atoms with Gasteiger partial charge in [-0.25, -0.2) is 13.8 Å². The first-order chi connectivity index (χ1) is 11.0. The number of amides is 1. The lowest BCUT2D eigenvalue weighted by atomic mass is 10.2. The van der Waals surface area contributed by atoms with Gasteiger partial charge in [-0.2, -0.15) is 0 Å². The molecule has 1 amide bonds. The van der Waals surface area contributed by atoms with Crippen molar-refractivity contribution in [1.29, 1.82) is 0 Å². The van der Waals surface area contributed by atoms with Gasteiger partial charge in [0.25, 0.3) is 5.91 Å². The van der Waals surface area contributed by atoms with Crippen LogP contribution in [0.15, 0.2) is 30.3 Å². The molecule has 0 atom stereocenters. The summed E-state index contributed by atoms with van der Waals surface area (Å²) in [6.45, 7) is -0.0686. The molecule has 0 aliphatic rings. The highest BCUT2D eigenvalue weighted by atomic mass is 32.1. The van der Waals surface area contributed by atoms with Gasteiger partial charge in [-0.1, -0.05) is 0 Å². The minimum atomic E-state index is -1.21. The van der Waals surface area contributed by atoms with Crippen molar-refractivity contribution in [1.82, 2.24) is 4.98 Å². The van der Waals surface area contributed by atoms with Gasteiger partial charge >= 0.3 is 0 Å². The lowest BCUT2D eigenvalue weighted by Crippen LogP contribution is -2.16. The molecule has 3 N–H and O–H groups in total. The highest BCUT2D eigenvalue weighted by molar-refractivity contribution is 7.18. The second-order valence-corrected chi connectivity index (χ2v) is 5.76. The number of rotatable bonds is 4. The number of hydrogen-bond acceptors (Lipinski definition) is 5. The number of ether oxygens (including phenoxy) is 1. The Kier molecular flexibility index (Phi) is 3.83. The van der Waals surface area contributed by atoms with Crippen LogP contribution in [0.4, 0.5) is 8.78 Å². The Balaban J connectivity index is 1.85. The monoisotopic (exact) mass is 336 g/mol. The predicted molar refractivity (Wildman–Crippen MR) is 80.5 cm³/mol. The smallest absolute Gasteiger partial charge is 0.254 e. The average molecular weight is 336 g/mol. The maximum Gasteiger partial charge on any atom is 0.254 e. The van der Waals surface area contributed by atoms with Crippen molar-refractivity contribution >= 4 is 27.5 Å². The molecule has 0 unspecified atom stereocenters. The second kappa shape index (κ2) is 5.81. The van der Waals surface area contributed by atoms with Crippen LogP contribution in [-0.4, -0.2) is 16.0 Å². The van der Waals surface area contributed by atoms with Gasteiger partial charge in [-0.15, -0.1) is 11.3 Å². The zero-order valence-electron chi connectivity index (χ0n) is 11.5. The number of nitrogens with two attached hydrogens (primary N) is 1. The normalized spacial score (nSPS) is 10.9. The number of aromatic nitrogens is 1. The summed E-state index contributed by atoms with van der Waals surface area (Å²) in [5, 5.41) is 9.95. The van der Waals surface area contributed by atoms with Crippen molar-refractivity contribution in [2.75, 3.05) is 0 Å². The minimum absolute atomic E-state index is 0.0686. The summed E-state index contributed by atoms with van der Waals surface area (Å²) < 4.78 is 33.4. The topological polar surface area (TPSA) is 85.4 Å². The van der Waals surface area contributed by atoms with Gasteiger partial charge in [0, 0.05) is 0 Å². The third kappa shape index (κ3) is 2.93. The molecule has 3 aromatic rings. The summed E-state index contributed by atoms with van der Waals surface area (Å²) in [5.74, 6) is -3.57. The highest BCUT2D eigenvalue weighted by Gasteiger charge is 2.19. The summed E-state index contributed by atoms with van der Waals surface area (Å²) in [6, 6.07) is 6.70. The van der Waals surface area contributed by atoms with E-state index in [4.69, 9.17) is 10.5 Å². The van der Waals surface area contributed by atoms with Crippen LogP contribution in [0.1, 0.15) is 15.4 Å². The van der Waals surface area contributed by atoms with Gasteiger partial charge in [0.05, 0.1) is 10.2 Å². The molecule has 0 spiro atoms. The van der Waals surface area contributed by atoms with Gasteiger partial charge < -0.3 is 15.6 Å².